The third-order valence-corrected chi connectivity index (χ3v) is 4.38. The molecule has 0 saturated carbocycles. The standard InChI is InChI=1S/C19H31N3O/c1-5-20-19(22-12-15(3)10-16(4)13-22)21-11-18(23)17-8-6-14(2)7-9-17/h6-9,15-16,18,23H,5,10-13H2,1-4H3,(H,20,21). The second-order valence-electron chi connectivity index (χ2n) is 6.97. The molecule has 1 heterocycles. The van der Waals surface area contributed by atoms with Gasteiger partial charge in [-0.2, -0.15) is 0 Å². The van der Waals surface area contributed by atoms with E-state index in [2.05, 4.69) is 42.9 Å². The first kappa shape index (κ1) is 17.8. The second-order valence-corrected chi connectivity index (χ2v) is 6.97. The zero-order valence-corrected chi connectivity index (χ0v) is 14.9. The van der Waals surface area contributed by atoms with Crippen molar-refractivity contribution in [2.45, 2.75) is 40.2 Å². The maximum absolute atomic E-state index is 10.4. The van der Waals surface area contributed by atoms with Gasteiger partial charge in [-0.25, -0.2) is 0 Å². The number of nitrogens with zero attached hydrogens (tertiary/aromatic N) is 2. The lowest BCUT2D eigenvalue weighted by molar-refractivity contribution is 0.183. The maximum atomic E-state index is 10.4. The third-order valence-electron chi connectivity index (χ3n) is 4.38. The molecule has 0 aliphatic carbocycles. The van der Waals surface area contributed by atoms with Crippen LogP contribution in [0.4, 0.5) is 0 Å². The summed E-state index contributed by atoms with van der Waals surface area (Å²) in [4.78, 5) is 7.02. The van der Waals surface area contributed by atoms with Crippen molar-refractivity contribution in [3.05, 3.63) is 35.4 Å². The van der Waals surface area contributed by atoms with Crippen LogP contribution >= 0.6 is 0 Å². The Labute approximate surface area is 140 Å². The zero-order valence-electron chi connectivity index (χ0n) is 14.9. The monoisotopic (exact) mass is 317 g/mol. The molecule has 1 aliphatic rings. The Morgan fingerprint density at radius 1 is 1.26 bits per heavy atom. The average molecular weight is 317 g/mol. The van der Waals surface area contributed by atoms with Crippen LogP contribution in [0.5, 0.6) is 0 Å². The summed E-state index contributed by atoms with van der Waals surface area (Å²) in [6, 6.07) is 8.02. The van der Waals surface area contributed by atoms with Crippen LogP contribution in [0.2, 0.25) is 0 Å². The number of likely N-dealkylation sites (tertiary alicyclic amines) is 1. The van der Waals surface area contributed by atoms with E-state index >= 15 is 0 Å². The van der Waals surface area contributed by atoms with Crippen LogP contribution in [0.1, 0.15) is 44.4 Å². The summed E-state index contributed by atoms with van der Waals surface area (Å²) in [6.07, 6.45) is 0.728. The van der Waals surface area contributed by atoms with E-state index in [1.807, 2.05) is 24.3 Å². The van der Waals surface area contributed by atoms with Crippen molar-refractivity contribution in [1.29, 1.82) is 0 Å². The molecule has 128 valence electrons. The Balaban J connectivity index is 2.04. The molecule has 0 spiro atoms. The molecule has 1 aromatic carbocycles. The Hall–Kier alpha value is -1.55. The van der Waals surface area contributed by atoms with Gasteiger partial charge in [0.2, 0.25) is 0 Å². The van der Waals surface area contributed by atoms with Gasteiger partial charge in [0, 0.05) is 19.6 Å². The van der Waals surface area contributed by atoms with Gasteiger partial charge in [-0.1, -0.05) is 43.7 Å². The zero-order chi connectivity index (χ0) is 16.8. The first-order chi connectivity index (χ1) is 11.0. The lowest BCUT2D eigenvalue weighted by atomic mass is 9.92. The molecule has 1 aromatic rings. The van der Waals surface area contributed by atoms with Gasteiger partial charge < -0.3 is 15.3 Å². The van der Waals surface area contributed by atoms with E-state index in [0.29, 0.717) is 18.4 Å². The Morgan fingerprint density at radius 3 is 2.43 bits per heavy atom. The van der Waals surface area contributed by atoms with E-state index in [9.17, 15) is 5.11 Å². The van der Waals surface area contributed by atoms with Gasteiger partial charge >= 0.3 is 0 Å². The minimum atomic E-state index is -0.552. The smallest absolute Gasteiger partial charge is 0.194 e. The van der Waals surface area contributed by atoms with Gasteiger partial charge in [0.25, 0.3) is 0 Å². The summed E-state index contributed by atoms with van der Waals surface area (Å²) in [7, 11) is 0. The van der Waals surface area contributed by atoms with Crippen molar-refractivity contribution < 1.29 is 5.11 Å². The Kier molecular flexibility index (Phi) is 6.46. The summed E-state index contributed by atoms with van der Waals surface area (Å²) in [6.45, 7) is 12.1. The maximum Gasteiger partial charge on any atom is 0.194 e. The van der Waals surface area contributed by atoms with Crippen LogP contribution in [-0.2, 0) is 0 Å². The Bertz CT molecular complexity index is 502. The van der Waals surface area contributed by atoms with Crippen LogP contribution in [0, 0.1) is 18.8 Å². The minimum absolute atomic E-state index is 0.394. The first-order valence-electron chi connectivity index (χ1n) is 8.77. The minimum Gasteiger partial charge on any atom is -0.386 e. The summed E-state index contributed by atoms with van der Waals surface area (Å²) < 4.78 is 0. The van der Waals surface area contributed by atoms with Gasteiger partial charge in [-0.3, -0.25) is 4.99 Å². The second kappa shape index (κ2) is 8.34. The highest BCUT2D eigenvalue weighted by Crippen LogP contribution is 2.21. The molecule has 1 fully saturated rings. The van der Waals surface area contributed by atoms with Gasteiger partial charge in [-0.05, 0) is 37.7 Å². The normalized spacial score (nSPS) is 23.7. The lowest BCUT2D eigenvalue weighted by Gasteiger charge is -2.37. The largest absolute Gasteiger partial charge is 0.386 e. The fraction of sp³-hybridized carbons (Fsp3) is 0.632. The SMILES string of the molecule is CCNC(=NCC(O)c1ccc(C)cc1)N1CC(C)CC(C)C1. The van der Waals surface area contributed by atoms with Crippen molar-refractivity contribution in [1.82, 2.24) is 10.2 Å². The molecule has 4 nitrogen and oxygen atoms in total. The summed E-state index contributed by atoms with van der Waals surface area (Å²) >= 11 is 0. The van der Waals surface area contributed by atoms with Crippen LogP contribution in [0.15, 0.2) is 29.3 Å². The highest BCUT2D eigenvalue weighted by atomic mass is 16.3. The predicted molar refractivity (Wildman–Crippen MR) is 96.6 cm³/mol. The van der Waals surface area contributed by atoms with Crippen LogP contribution in [0.3, 0.4) is 0 Å². The number of aliphatic hydroxyl groups excluding tert-OH is 1. The molecule has 23 heavy (non-hydrogen) atoms. The number of rotatable bonds is 4. The van der Waals surface area contributed by atoms with E-state index in [1.165, 1.54) is 12.0 Å². The Morgan fingerprint density at radius 2 is 1.87 bits per heavy atom. The summed E-state index contributed by atoms with van der Waals surface area (Å²) in [5, 5.41) is 13.8. The molecule has 2 N–H and O–H groups in total. The molecular formula is C19H31N3O. The van der Waals surface area contributed by atoms with E-state index in [0.717, 1.165) is 31.2 Å². The number of nitrogens with one attached hydrogen (secondary N) is 1. The van der Waals surface area contributed by atoms with Crippen LogP contribution in [-0.4, -0.2) is 42.1 Å². The fourth-order valence-corrected chi connectivity index (χ4v) is 3.33. The number of aliphatic imine (C=N–C) groups is 1. The van der Waals surface area contributed by atoms with Gasteiger partial charge in [0.15, 0.2) is 5.96 Å². The molecule has 2 rings (SSSR count). The van der Waals surface area contributed by atoms with Gasteiger partial charge in [-0.15, -0.1) is 0 Å². The number of hydrogen-bond acceptors (Lipinski definition) is 2. The van der Waals surface area contributed by atoms with E-state index in [4.69, 9.17) is 0 Å². The molecular weight excluding hydrogens is 286 g/mol. The molecule has 0 bridgehead atoms. The average Bonchev–Trinajstić information content (AvgIpc) is 2.50. The van der Waals surface area contributed by atoms with Crippen molar-refractivity contribution in [3.63, 3.8) is 0 Å². The molecule has 1 saturated heterocycles. The molecule has 0 amide bonds. The van der Waals surface area contributed by atoms with Crippen molar-refractivity contribution in [2.75, 3.05) is 26.2 Å². The van der Waals surface area contributed by atoms with Crippen molar-refractivity contribution >= 4 is 5.96 Å². The van der Waals surface area contributed by atoms with Gasteiger partial charge in [0.1, 0.15) is 0 Å². The van der Waals surface area contributed by atoms with Crippen molar-refractivity contribution in [2.24, 2.45) is 16.8 Å². The number of guanidine groups is 1. The molecule has 0 aromatic heterocycles. The van der Waals surface area contributed by atoms with Crippen LogP contribution < -0.4 is 5.32 Å². The topological polar surface area (TPSA) is 47.9 Å². The molecule has 3 atom stereocenters. The third kappa shape index (κ3) is 5.24. The lowest BCUT2D eigenvalue weighted by Crippen LogP contribution is -2.48. The number of piperidine rings is 1. The summed E-state index contributed by atoms with van der Waals surface area (Å²) in [5.74, 6) is 2.30. The molecule has 3 unspecified atom stereocenters. The van der Waals surface area contributed by atoms with E-state index < -0.39 is 6.10 Å². The predicted octanol–water partition coefficient (Wildman–Crippen LogP) is 2.97. The molecule has 4 heteroatoms. The quantitative estimate of drug-likeness (QED) is 0.663. The van der Waals surface area contributed by atoms with Gasteiger partial charge in [0.05, 0.1) is 12.6 Å². The van der Waals surface area contributed by atoms with E-state index in [-0.39, 0.29) is 0 Å². The summed E-state index contributed by atoms with van der Waals surface area (Å²) in [5.41, 5.74) is 2.13. The highest BCUT2D eigenvalue weighted by molar-refractivity contribution is 5.80. The van der Waals surface area contributed by atoms with E-state index in [1.54, 1.807) is 0 Å². The molecule has 0 radical (unpaired) electrons. The number of hydrogen-bond donors (Lipinski definition) is 2. The van der Waals surface area contributed by atoms with Crippen molar-refractivity contribution in [3.8, 4) is 0 Å². The number of aryl methyl sites for hydroxylation is 1. The highest BCUT2D eigenvalue weighted by Gasteiger charge is 2.24. The molecule has 1 aliphatic heterocycles. The van der Waals surface area contributed by atoms with Crippen LogP contribution in [0.25, 0.3) is 0 Å². The number of aliphatic hydroxyl groups is 1. The fourth-order valence-electron chi connectivity index (χ4n) is 3.33. The first-order valence-corrected chi connectivity index (χ1v) is 8.77. The number of benzene rings is 1.